The largest absolute Gasteiger partial charge is 0.493 e. The van der Waals surface area contributed by atoms with Crippen LogP contribution >= 0.6 is 0 Å². The van der Waals surface area contributed by atoms with Crippen molar-refractivity contribution in [1.82, 2.24) is 29.9 Å². The SMILES string of the molecule is CC(C)COc1ccc(-c2nn(-c3ccccc3)cc2CNCc2nncn2C(C)C)cc1. The predicted molar refractivity (Wildman–Crippen MR) is 130 cm³/mol. The fraction of sp³-hybridized carbons (Fsp3) is 0.346. The maximum Gasteiger partial charge on any atom is 0.147 e. The molecule has 2 heterocycles. The molecule has 0 fully saturated rings. The van der Waals surface area contributed by atoms with Crippen LogP contribution in [0.15, 0.2) is 67.1 Å². The van der Waals surface area contributed by atoms with Crippen LogP contribution in [0.5, 0.6) is 5.75 Å². The van der Waals surface area contributed by atoms with E-state index in [0.29, 0.717) is 31.7 Å². The normalized spacial score (nSPS) is 11.5. The first-order chi connectivity index (χ1) is 16.0. The van der Waals surface area contributed by atoms with Crippen molar-refractivity contribution in [3.8, 4) is 22.7 Å². The Bertz CT molecular complexity index is 1150. The third-order valence-corrected chi connectivity index (χ3v) is 5.32. The number of para-hydroxylation sites is 1. The fourth-order valence-electron chi connectivity index (χ4n) is 3.60. The summed E-state index contributed by atoms with van der Waals surface area (Å²) in [5.74, 6) is 2.29. The molecule has 0 amide bonds. The smallest absolute Gasteiger partial charge is 0.147 e. The number of ether oxygens (including phenoxy) is 1. The van der Waals surface area contributed by atoms with Gasteiger partial charge in [0.2, 0.25) is 0 Å². The van der Waals surface area contributed by atoms with Crippen molar-refractivity contribution in [3.63, 3.8) is 0 Å². The highest BCUT2D eigenvalue weighted by atomic mass is 16.5. The Hall–Kier alpha value is -3.45. The lowest BCUT2D eigenvalue weighted by Crippen LogP contribution is -2.17. The summed E-state index contributed by atoms with van der Waals surface area (Å²) >= 11 is 0. The molecular weight excluding hydrogens is 412 g/mol. The van der Waals surface area contributed by atoms with Crippen LogP contribution in [0.25, 0.3) is 16.9 Å². The second kappa shape index (κ2) is 10.4. The Kier molecular flexibility index (Phi) is 7.19. The molecule has 0 aliphatic heterocycles. The molecule has 0 atom stereocenters. The minimum Gasteiger partial charge on any atom is -0.493 e. The standard InChI is InChI=1S/C26H32N6O/c1-19(2)17-33-24-12-10-21(11-13-24)26-22(16-32(30-26)23-8-6-5-7-9-23)14-27-15-25-29-28-18-31(25)20(3)4/h5-13,16,18-20,27H,14-15,17H2,1-4H3. The monoisotopic (exact) mass is 444 g/mol. The number of benzene rings is 2. The lowest BCUT2D eigenvalue weighted by Gasteiger charge is -2.11. The minimum atomic E-state index is 0.324. The highest BCUT2D eigenvalue weighted by Gasteiger charge is 2.14. The van der Waals surface area contributed by atoms with E-state index in [4.69, 9.17) is 9.84 Å². The molecule has 0 bridgehead atoms. The van der Waals surface area contributed by atoms with Gasteiger partial charge in [0, 0.05) is 29.9 Å². The van der Waals surface area contributed by atoms with Crippen LogP contribution in [0.3, 0.4) is 0 Å². The number of aromatic nitrogens is 5. The van der Waals surface area contributed by atoms with Gasteiger partial charge < -0.3 is 14.6 Å². The molecule has 0 saturated carbocycles. The Labute approximate surface area is 195 Å². The maximum atomic E-state index is 5.85. The van der Waals surface area contributed by atoms with Crippen molar-refractivity contribution in [1.29, 1.82) is 0 Å². The van der Waals surface area contributed by atoms with Gasteiger partial charge >= 0.3 is 0 Å². The molecule has 4 rings (SSSR count). The van der Waals surface area contributed by atoms with Crippen LogP contribution in [0.4, 0.5) is 0 Å². The Morgan fingerprint density at radius 2 is 1.70 bits per heavy atom. The minimum absolute atomic E-state index is 0.324. The lowest BCUT2D eigenvalue weighted by molar-refractivity contribution is 0.271. The molecule has 7 heteroatoms. The zero-order valence-electron chi connectivity index (χ0n) is 19.8. The predicted octanol–water partition coefficient (Wildman–Crippen LogP) is 5.04. The van der Waals surface area contributed by atoms with Crippen LogP contribution < -0.4 is 10.1 Å². The number of rotatable bonds is 10. The topological polar surface area (TPSA) is 69.8 Å². The van der Waals surface area contributed by atoms with Gasteiger partial charge in [-0.05, 0) is 56.2 Å². The molecule has 1 N–H and O–H groups in total. The van der Waals surface area contributed by atoms with Crippen molar-refractivity contribution in [2.45, 2.75) is 46.8 Å². The molecule has 0 radical (unpaired) electrons. The Morgan fingerprint density at radius 1 is 0.939 bits per heavy atom. The molecular formula is C26H32N6O. The van der Waals surface area contributed by atoms with Crippen molar-refractivity contribution in [2.24, 2.45) is 5.92 Å². The summed E-state index contributed by atoms with van der Waals surface area (Å²) < 4.78 is 9.86. The molecule has 0 unspecified atom stereocenters. The quantitative estimate of drug-likeness (QED) is 0.371. The van der Waals surface area contributed by atoms with Crippen molar-refractivity contribution in [3.05, 3.63) is 78.5 Å². The average Bonchev–Trinajstić information content (AvgIpc) is 3.46. The summed E-state index contributed by atoms with van der Waals surface area (Å²) in [4.78, 5) is 0. The fourth-order valence-corrected chi connectivity index (χ4v) is 3.60. The van der Waals surface area contributed by atoms with E-state index in [2.05, 4.69) is 78.2 Å². The van der Waals surface area contributed by atoms with Crippen molar-refractivity contribution < 1.29 is 4.74 Å². The summed E-state index contributed by atoms with van der Waals surface area (Å²) in [6.07, 6.45) is 3.87. The van der Waals surface area contributed by atoms with Crippen LogP contribution in [0, 0.1) is 5.92 Å². The van der Waals surface area contributed by atoms with Gasteiger partial charge in [0.1, 0.15) is 17.9 Å². The zero-order valence-corrected chi connectivity index (χ0v) is 19.8. The summed E-state index contributed by atoms with van der Waals surface area (Å²) in [6, 6.07) is 18.7. The Morgan fingerprint density at radius 3 is 2.39 bits per heavy atom. The molecule has 172 valence electrons. The van der Waals surface area contributed by atoms with E-state index in [0.717, 1.165) is 34.1 Å². The third-order valence-electron chi connectivity index (χ3n) is 5.32. The summed E-state index contributed by atoms with van der Waals surface area (Å²) in [6.45, 7) is 10.6. The Balaban J connectivity index is 1.56. The summed E-state index contributed by atoms with van der Waals surface area (Å²) in [5, 5.41) is 16.7. The van der Waals surface area contributed by atoms with Crippen LogP contribution in [0.2, 0.25) is 0 Å². The second-order valence-corrected chi connectivity index (χ2v) is 8.86. The van der Waals surface area contributed by atoms with Gasteiger partial charge in [0.25, 0.3) is 0 Å². The first kappa shape index (κ1) is 22.7. The maximum absolute atomic E-state index is 5.85. The number of hydrogen-bond acceptors (Lipinski definition) is 5. The molecule has 33 heavy (non-hydrogen) atoms. The molecule has 2 aromatic carbocycles. The van der Waals surface area contributed by atoms with E-state index in [9.17, 15) is 0 Å². The summed E-state index contributed by atoms with van der Waals surface area (Å²) in [7, 11) is 0. The molecule has 0 saturated heterocycles. The van der Waals surface area contributed by atoms with Gasteiger partial charge in [-0.25, -0.2) is 4.68 Å². The molecule has 0 aliphatic rings. The van der Waals surface area contributed by atoms with Gasteiger partial charge in [-0.1, -0.05) is 32.0 Å². The van der Waals surface area contributed by atoms with Gasteiger partial charge in [-0.15, -0.1) is 10.2 Å². The first-order valence-electron chi connectivity index (χ1n) is 11.5. The van der Waals surface area contributed by atoms with Gasteiger partial charge in [-0.2, -0.15) is 5.10 Å². The molecule has 4 aromatic rings. The van der Waals surface area contributed by atoms with Gasteiger partial charge in [0.15, 0.2) is 0 Å². The van der Waals surface area contributed by atoms with Crippen molar-refractivity contribution >= 4 is 0 Å². The van der Waals surface area contributed by atoms with E-state index in [1.54, 1.807) is 6.33 Å². The molecule has 0 spiro atoms. The highest BCUT2D eigenvalue weighted by molar-refractivity contribution is 5.64. The van der Waals surface area contributed by atoms with Crippen LogP contribution in [0.1, 0.15) is 45.1 Å². The number of nitrogens with zero attached hydrogens (tertiary/aromatic N) is 5. The van der Waals surface area contributed by atoms with Gasteiger partial charge in [0.05, 0.1) is 24.5 Å². The number of nitrogens with one attached hydrogen (secondary N) is 1. The van der Waals surface area contributed by atoms with Crippen molar-refractivity contribution in [2.75, 3.05) is 6.61 Å². The van der Waals surface area contributed by atoms with E-state index < -0.39 is 0 Å². The van der Waals surface area contributed by atoms with Crippen LogP contribution in [-0.2, 0) is 13.1 Å². The third kappa shape index (κ3) is 5.68. The van der Waals surface area contributed by atoms with E-state index in [1.165, 1.54) is 0 Å². The average molecular weight is 445 g/mol. The first-order valence-corrected chi connectivity index (χ1v) is 11.5. The molecule has 2 aromatic heterocycles. The number of hydrogen-bond donors (Lipinski definition) is 1. The van der Waals surface area contributed by atoms with Crippen LogP contribution in [-0.4, -0.2) is 31.2 Å². The summed E-state index contributed by atoms with van der Waals surface area (Å²) in [5.41, 5.74) is 4.16. The lowest BCUT2D eigenvalue weighted by atomic mass is 10.1. The second-order valence-electron chi connectivity index (χ2n) is 8.86. The van der Waals surface area contributed by atoms with Gasteiger partial charge in [-0.3, -0.25) is 0 Å². The van der Waals surface area contributed by atoms with E-state index >= 15 is 0 Å². The van der Waals surface area contributed by atoms with E-state index in [-0.39, 0.29) is 0 Å². The van der Waals surface area contributed by atoms with E-state index in [1.807, 2.05) is 35.0 Å². The zero-order chi connectivity index (χ0) is 23.2. The highest BCUT2D eigenvalue weighted by Crippen LogP contribution is 2.26. The molecule has 7 nitrogen and oxygen atoms in total. The molecule has 0 aliphatic carbocycles.